The van der Waals surface area contributed by atoms with Gasteiger partial charge >= 0.3 is 0 Å². The second-order valence-electron chi connectivity index (χ2n) is 6.45. The van der Waals surface area contributed by atoms with E-state index in [-0.39, 0.29) is 0 Å². The van der Waals surface area contributed by atoms with Crippen molar-refractivity contribution < 1.29 is 9.84 Å². The molecule has 4 rings (SSSR count). The molecule has 0 bridgehead atoms. The number of ether oxygens (including phenoxy) is 1. The Labute approximate surface area is 141 Å². The molecular weight excluding hydrogens is 310 g/mol. The molecule has 0 unspecified atom stereocenters. The van der Waals surface area contributed by atoms with Gasteiger partial charge in [0.05, 0.1) is 0 Å². The van der Waals surface area contributed by atoms with Gasteiger partial charge in [0, 0.05) is 23.2 Å². The minimum atomic E-state index is -0.802. The molecule has 2 N–H and O–H groups in total. The summed E-state index contributed by atoms with van der Waals surface area (Å²) in [5, 5.41) is 15.2. The highest BCUT2D eigenvalue weighted by molar-refractivity contribution is 6.30. The minimum absolute atomic E-state index is 0.527. The maximum absolute atomic E-state index is 11.0. The average Bonchev–Trinajstić information content (AvgIpc) is 2.81. The summed E-state index contributed by atoms with van der Waals surface area (Å²) >= 11 is 6.10. The van der Waals surface area contributed by atoms with E-state index in [1.165, 1.54) is 19.3 Å². The lowest BCUT2D eigenvalue weighted by Gasteiger charge is -2.36. The van der Waals surface area contributed by atoms with E-state index in [1.54, 1.807) is 12.1 Å². The van der Waals surface area contributed by atoms with E-state index >= 15 is 0 Å². The number of fused-ring (bicyclic) bond motifs is 1. The highest BCUT2D eigenvalue weighted by Crippen LogP contribution is 2.49. The Hall–Kier alpha value is -1.55. The summed E-state index contributed by atoms with van der Waals surface area (Å²) in [6, 6.07) is 15.9. The van der Waals surface area contributed by atoms with Gasteiger partial charge in [-0.05, 0) is 36.6 Å². The number of halogens is 1. The number of benzene rings is 2. The maximum atomic E-state index is 11.0. The van der Waals surface area contributed by atoms with Gasteiger partial charge in [0.15, 0.2) is 5.60 Å². The van der Waals surface area contributed by atoms with E-state index < -0.39 is 11.7 Å². The molecule has 0 amide bonds. The van der Waals surface area contributed by atoms with Crippen molar-refractivity contribution in [1.29, 1.82) is 0 Å². The molecule has 1 aliphatic carbocycles. The first-order chi connectivity index (χ1) is 11.2. The Morgan fingerprint density at radius 2 is 1.96 bits per heavy atom. The van der Waals surface area contributed by atoms with Crippen LogP contribution in [-0.4, -0.2) is 17.7 Å². The van der Waals surface area contributed by atoms with Crippen LogP contribution >= 0.6 is 11.6 Å². The molecule has 0 radical (unpaired) electrons. The molecule has 0 spiro atoms. The van der Waals surface area contributed by atoms with E-state index in [0.29, 0.717) is 23.4 Å². The third kappa shape index (κ3) is 2.53. The number of aliphatic hydroxyl groups is 1. The van der Waals surface area contributed by atoms with Gasteiger partial charge in [-0.3, -0.25) is 0 Å². The van der Waals surface area contributed by atoms with Crippen molar-refractivity contribution in [2.45, 2.75) is 37.0 Å². The Balaban J connectivity index is 1.71. The van der Waals surface area contributed by atoms with E-state index in [9.17, 15) is 5.11 Å². The highest BCUT2D eigenvalue weighted by Gasteiger charge is 2.49. The number of nitrogens with one attached hydrogen (secondary N) is 1. The summed E-state index contributed by atoms with van der Waals surface area (Å²) in [5.74, 6) is 0.709. The molecule has 0 saturated heterocycles. The summed E-state index contributed by atoms with van der Waals surface area (Å²) in [7, 11) is 0. The molecular formula is C19H20ClNO2. The summed E-state index contributed by atoms with van der Waals surface area (Å²) < 4.78 is 6.30. The lowest BCUT2D eigenvalue weighted by Crippen LogP contribution is -2.49. The topological polar surface area (TPSA) is 41.5 Å². The predicted octanol–water partition coefficient (Wildman–Crippen LogP) is 3.80. The Bertz CT molecular complexity index is 702. The van der Waals surface area contributed by atoms with Crippen molar-refractivity contribution in [3.8, 4) is 5.75 Å². The van der Waals surface area contributed by atoms with Crippen molar-refractivity contribution >= 4 is 11.6 Å². The second-order valence-corrected chi connectivity index (χ2v) is 6.89. The monoisotopic (exact) mass is 329 g/mol. The molecule has 2 aromatic rings. The number of hydrogen-bond acceptors (Lipinski definition) is 3. The Morgan fingerprint density at radius 3 is 2.65 bits per heavy atom. The molecule has 0 aromatic heterocycles. The van der Waals surface area contributed by atoms with E-state index in [0.717, 1.165) is 11.1 Å². The fourth-order valence-corrected chi connectivity index (χ4v) is 3.59. The molecule has 1 fully saturated rings. The number of aliphatic hydroxyl groups excluding tert-OH is 1. The van der Waals surface area contributed by atoms with Gasteiger partial charge in [0.2, 0.25) is 0 Å². The molecule has 1 heterocycles. The van der Waals surface area contributed by atoms with Gasteiger partial charge in [-0.15, -0.1) is 0 Å². The van der Waals surface area contributed by atoms with Crippen LogP contribution < -0.4 is 10.1 Å². The number of hydrogen-bond donors (Lipinski definition) is 2. The van der Waals surface area contributed by atoms with Crippen LogP contribution in [0.15, 0.2) is 48.5 Å². The van der Waals surface area contributed by atoms with Gasteiger partial charge in [0.25, 0.3) is 0 Å². The molecule has 1 aliphatic heterocycles. The number of rotatable bonds is 4. The van der Waals surface area contributed by atoms with E-state index in [1.807, 2.05) is 36.4 Å². The van der Waals surface area contributed by atoms with Crippen LogP contribution in [0.25, 0.3) is 0 Å². The van der Waals surface area contributed by atoms with E-state index in [2.05, 4.69) is 5.32 Å². The van der Waals surface area contributed by atoms with E-state index in [4.69, 9.17) is 16.3 Å². The smallest absolute Gasteiger partial charge is 0.176 e. The summed E-state index contributed by atoms with van der Waals surface area (Å²) in [4.78, 5) is 0. The van der Waals surface area contributed by atoms with Crippen molar-refractivity contribution in [3.05, 3.63) is 64.7 Å². The average molecular weight is 330 g/mol. The van der Waals surface area contributed by atoms with Crippen molar-refractivity contribution in [2.75, 3.05) is 6.54 Å². The summed E-state index contributed by atoms with van der Waals surface area (Å²) in [6.45, 7) is 0.579. The molecule has 2 atom stereocenters. The standard InChI is InChI=1S/C19H20ClNO2/c20-14-9-10-17-16(11-14)18(22)19(23-17,12-21-15-7-4-8-15)13-5-2-1-3-6-13/h1-3,5-6,9-11,15,18,21-22H,4,7-8,12H2/t18-,19+/m0/s1. The lowest BCUT2D eigenvalue weighted by atomic mass is 9.85. The van der Waals surface area contributed by atoms with Crippen LogP contribution in [0, 0.1) is 0 Å². The van der Waals surface area contributed by atoms with Crippen LogP contribution in [0.3, 0.4) is 0 Å². The second kappa shape index (κ2) is 5.82. The molecule has 120 valence electrons. The highest BCUT2D eigenvalue weighted by atomic mass is 35.5. The summed E-state index contributed by atoms with van der Waals surface area (Å²) in [6.07, 6.45) is 2.92. The normalized spacial score (nSPS) is 26.4. The quantitative estimate of drug-likeness (QED) is 0.896. The van der Waals surface area contributed by atoms with Crippen molar-refractivity contribution in [3.63, 3.8) is 0 Å². The van der Waals surface area contributed by atoms with Gasteiger partial charge in [-0.25, -0.2) is 0 Å². The maximum Gasteiger partial charge on any atom is 0.176 e. The van der Waals surface area contributed by atoms with Crippen LogP contribution in [0.4, 0.5) is 0 Å². The van der Waals surface area contributed by atoms with Gasteiger partial charge in [-0.2, -0.15) is 0 Å². The lowest BCUT2D eigenvalue weighted by molar-refractivity contribution is -0.0350. The molecule has 23 heavy (non-hydrogen) atoms. The van der Waals surface area contributed by atoms with Crippen LogP contribution in [-0.2, 0) is 5.60 Å². The Morgan fingerprint density at radius 1 is 1.17 bits per heavy atom. The third-order valence-corrected chi connectivity index (χ3v) is 5.26. The fourth-order valence-electron chi connectivity index (χ4n) is 3.41. The van der Waals surface area contributed by atoms with Gasteiger partial charge in [-0.1, -0.05) is 48.4 Å². The SMILES string of the molecule is O[C@H]1c2cc(Cl)ccc2O[C@]1(CNC1CCC1)c1ccccc1. The largest absolute Gasteiger partial charge is 0.478 e. The first kappa shape index (κ1) is 15.0. The molecule has 2 aromatic carbocycles. The summed E-state index contributed by atoms with van der Waals surface area (Å²) in [5.41, 5.74) is 0.938. The van der Waals surface area contributed by atoms with Crippen molar-refractivity contribution in [2.24, 2.45) is 0 Å². The molecule has 1 saturated carbocycles. The zero-order valence-corrected chi connectivity index (χ0v) is 13.6. The fraction of sp³-hybridized carbons (Fsp3) is 0.368. The van der Waals surface area contributed by atoms with Gasteiger partial charge in [0.1, 0.15) is 11.9 Å². The zero-order chi connectivity index (χ0) is 15.9. The minimum Gasteiger partial charge on any atom is -0.478 e. The van der Waals surface area contributed by atoms with Crippen LogP contribution in [0.2, 0.25) is 5.02 Å². The van der Waals surface area contributed by atoms with Crippen LogP contribution in [0.1, 0.15) is 36.5 Å². The first-order valence-corrected chi connectivity index (χ1v) is 8.52. The third-order valence-electron chi connectivity index (χ3n) is 5.02. The zero-order valence-electron chi connectivity index (χ0n) is 12.8. The Kier molecular flexibility index (Phi) is 3.80. The molecule has 2 aliphatic rings. The first-order valence-electron chi connectivity index (χ1n) is 8.14. The van der Waals surface area contributed by atoms with Crippen LogP contribution in [0.5, 0.6) is 5.75 Å². The molecule has 3 nitrogen and oxygen atoms in total. The molecule has 4 heteroatoms. The van der Waals surface area contributed by atoms with Crippen molar-refractivity contribution in [1.82, 2.24) is 5.32 Å². The van der Waals surface area contributed by atoms with Gasteiger partial charge < -0.3 is 15.2 Å². The predicted molar refractivity (Wildman–Crippen MR) is 90.8 cm³/mol.